The van der Waals surface area contributed by atoms with Crippen LogP contribution >= 0.6 is 0 Å². The number of carbonyl (C=O) groups is 1. The molecule has 0 radical (unpaired) electrons. The Bertz CT molecular complexity index is 989. The third kappa shape index (κ3) is 6.08. The van der Waals surface area contributed by atoms with Crippen molar-refractivity contribution in [2.75, 3.05) is 37.5 Å². The molecule has 1 fully saturated rings. The van der Waals surface area contributed by atoms with Crippen LogP contribution in [0.1, 0.15) is 42.1 Å². The average Bonchev–Trinajstić information content (AvgIpc) is 2.77. The molecule has 6 nitrogen and oxygen atoms in total. The number of hydrogen-bond donors (Lipinski definition) is 1. The summed E-state index contributed by atoms with van der Waals surface area (Å²) in [5.74, 6) is 0.494. The van der Waals surface area contributed by atoms with E-state index in [1.807, 2.05) is 19.1 Å². The molecule has 1 N–H and O–H groups in total. The van der Waals surface area contributed by atoms with Crippen LogP contribution in [0.4, 0.5) is 5.69 Å². The molecule has 1 amide bonds. The van der Waals surface area contributed by atoms with Gasteiger partial charge in [0.2, 0.25) is 0 Å². The Kier molecular flexibility index (Phi) is 7.73. The predicted molar refractivity (Wildman–Crippen MR) is 125 cm³/mol. The number of likely N-dealkylation sites (tertiary alicyclic amines) is 1. The molecular formula is C24H33N3O3S. The maximum Gasteiger partial charge on any atom is 0.264 e. The molecule has 1 unspecified atom stereocenters. The fourth-order valence-electron chi connectivity index (χ4n) is 3.95. The van der Waals surface area contributed by atoms with E-state index in [0.717, 1.165) is 37.5 Å². The quantitative estimate of drug-likeness (QED) is 0.632. The van der Waals surface area contributed by atoms with Crippen molar-refractivity contribution < 1.29 is 13.2 Å². The van der Waals surface area contributed by atoms with Crippen LogP contribution in [0, 0.1) is 12.8 Å². The molecule has 0 saturated carbocycles. The van der Waals surface area contributed by atoms with Gasteiger partial charge in [-0.2, -0.15) is 0 Å². The second kappa shape index (κ2) is 10.3. The summed E-state index contributed by atoms with van der Waals surface area (Å²) in [5, 5.41) is 2.92. The fourth-order valence-corrected chi connectivity index (χ4v) is 5.19. The largest absolute Gasteiger partial charge is 0.352 e. The highest BCUT2D eigenvalue weighted by Crippen LogP contribution is 2.23. The Hall–Kier alpha value is -2.38. The summed E-state index contributed by atoms with van der Waals surface area (Å²) in [7, 11) is -2.24. The minimum Gasteiger partial charge on any atom is -0.352 e. The van der Waals surface area contributed by atoms with Crippen molar-refractivity contribution in [3.05, 3.63) is 59.7 Å². The zero-order chi connectivity index (χ0) is 22.4. The number of piperidine rings is 1. The lowest BCUT2D eigenvalue weighted by molar-refractivity contribution is 0.0950. The topological polar surface area (TPSA) is 69.7 Å². The van der Waals surface area contributed by atoms with Crippen molar-refractivity contribution in [3.63, 3.8) is 0 Å². The van der Waals surface area contributed by atoms with Gasteiger partial charge in [0, 0.05) is 25.7 Å². The molecule has 1 aliphatic heterocycles. The number of benzene rings is 2. The minimum absolute atomic E-state index is 0.102. The summed E-state index contributed by atoms with van der Waals surface area (Å²) in [5.41, 5.74) is 1.99. The molecule has 0 spiro atoms. The van der Waals surface area contributed by atoms with E-state index in [1.165, 1.54) is 36.3 Å². The first-order chi connectivity index (χ1) is 14.8. The molecule has 1 heterocycles. The van der Waals surface area contributed by atoms with Crippen molar-refractivity contribution in [3.8, 4) is 0 Å². The molecule has 2 aromatic rings. The summed E-state index contributed by atoms with van der Waals surface area (Å²) in [4.78, 5) is 15.1. The van der Waals surface area contributed by atoms with Crippen LogP contribution in [0.3, 0.4) is 0 Å². The van der Waals surface area contributed by atoms with E-state index in [-0.39, 0.29) is 10.8 Å². The zero-order valence-electron chi connectivity index (χ0n) is 18.7. The number of sulfonamides is 1. The standard InChI is InChI=1S/C24H33N3O3S/c1-19-10-12-22(13-11-19)26(3)31(29,30)23-9-4-8-21(17-23)24(28)25-14-6-16-27-15-5-7-20(2)18-27/h4,8-13,17,20H,5-7,14-16,18H2,1-3H3,(H,25,28). The van der Waals surface area contributed by atoms with Crippen LogP contribution in [0.25, 0.3) is 0 Å². The summed E-state index contributed by atoms with van der Waals surface area (Å²) in [6.45, 7) is 8.04. The highest BCUT2D eigenvalue weighted by atomic mass is 32.2. The second-order valence-corrected chi connectivity index (χ2v) is 10.5. The van der Waals surface area contributed by atoms with E-state index in [9.17, 15) is 13.2 Å². The van der Waals surface area contributed by atoms with Crippen LogP contribution in [0.15, 0.2) is 53.4 Å². The number of hydrogen-bond acceptors (Lipinski definition) is 4. The molecule has 0 aromatic heterocycles. The van der Waals surface area contributed by atoms with Crippen LogP contribution < -0.4 is 9.62 Å². The maximum absolute atomic E-state index is 13.0. The van der Waals surface area contributed by atoms with Crippen molar-refractivity contribution in [1.82, 2.24) is 10.2 Å². The summed E-state index contributed by atoms with van der Waals surface area (Å²) in [6, 6.07) is 13.5. The Balaban J connectivity index is 1.59. The summed E-state index contributed by atoms with van der Waals surface area (Å²) in [6.07, 6.45) is 3.42. The molecule has 168 valence electrons. The number of carbonyl (C=O) groups excluding carboxylic acids is 1. The fraction of sp³-hybridized carbons (Fsp3) is 0.458. The molecule has 0 aliphatic carbocycles. The van der Waals surface area contributed by atoms with E-state index >= 15 is 0 Å². The van der Waals surface area contributed by atoms with Gasteiger partial charge in [0.1, 0.15) is 0 Å². The highest BCUT2D eigenvalue weighted by molar-refractivity contribution is 7.92. The predicted octanol–water partition coefficient (Wildman–Crippen LogP) is 3.67. The van der Waals surface area contributed by atoms with Gasteiger partial charge in [0.25, 0.3) is 15.9 Å². The number of nitrogens with zero attached hydrogens (tertiary/aromatic N) is 2. The lowest BCUT2D eigenvalue weighted by Crippen LogP contribution is -2.36. The van der Waals surface area contributed by atoms with E-state index < -0.39 is 10.0 Å². The first kappa shape index (κ1) is 23.3. The molecule has 1 aliphatic rings. The lowest BCUT2D eigenvalue weighted by Gasteiger charge is -2.30. The van der Waals surface area contributed by atoms with Crippen molar-refractivity contribution in [1.29, 1.82) is 0 Å². The van der Waals surface area contributed by atoms with Crippen LogP contribution in [-0.4, -0.2) is 52.5 Å². The van der Waals surface area contributed by atoms with Gasteiger partial charge >= 0.3 is 0 Å². The number of amides is 1. The third-order valence-electron chi connectivity index (χ3n) is 5.83. The van der Waals surface area contributed by atoms with Gasteiger partial charge in [-0.25, -0.2) is 8.42 Å². The van der Waals surface area contributed by atoms with Gasteiger partial charge in [-0.15, -0.1) is 0 Å². The molecule has 0 bridgehead atoms. The minimum atomic E-state index is -3.76. The van der Waals surface area contributed by atoms with Gasteiger partial charge < -0.3 is 10.2 Å². The molecule has 3 rings (SSSR count). The Labute approximate surface area is 186 Å². The Morgan fingerprint density at radius 3 is 2.65 bits per heavy atom. The second-order valence-electron chi connectivity index (χ2n) is 8.49. The Morgan fingerprint density at radius 2 is 1.94 bits per heavy atom. The number of anilines is 1. The number of rotatable bonds is 8. The molecule has 2 aromatic carbocycles. The lowest BCUT2D eigenvalue weighted by atomic mass is 10.0. The smallest absolute Gasteiger partial charge is 0.264 e. The molecule has 1 atom stereocenters. The first-order valence-electron chi connectivity index (χ1n) is 10.9. The Morgan fingerprint density at radius 1 is 1.19 bits per heavy atom. The normalized spacial score (nSPS) is 17.3. The van der Waals surface area contributed by atoms with E-state index in [2.05, 4.69) is 17.1 Å². The molecule has 1 saturated heterocycles. The first-order valence-corrected chi connectivity index (χ1v) is 12.4. The van der Waals surface area contributed by atoms with E-state index in [1.54, 1.807) is 24.3 Å². The maximum atomic E-state index is 13.0. The van der Waals surface area contributed by atoms with Crippen LogP contribution in [0.2, 0.25) is 0 Å². The monoisotopic (exact) mass is 443 g/mol. The molecule has 7 heteroatoms. The average molecular weight is 444 g/mol. The number of nitrogens with one attached hydrogen (secondary N) is 1. The van der Waals surface area contributed by atoms with Gasteiger partial charge in [-0.3, -0.25) is 9.10 Å². The van der Waals surface area contributed by atoms with Crippen LogP contribution in [-0.2, 0) is 10.0 Å². The van der Waals surface area contributed by atoms with Crippen molar-refractivity contribution >= 4 is 21.6 Å². The molecule has 31 heavy (non-hydrogen) atoms. The van der Waals surface area contributed by atoms with Crippen molar-refractivity contribution in [2.24, 2.45) is 5.92 Å². The van der Waals surface area contributed by atoms with Gasteiger partial charge in [-0.05, 0) is 75.5 Å². The van der Waals surface area contributed by atoms with E-state index in [0.29, 0.717) is 17.8 Å². The SMILES string of the molecule is Cc1ccc(N(C)S(=O)(=O)c2cccc(C(=O)NCCCN3CCCC(C)C3)c2)cc1. The van der Waals surface area contributed by atoms with Gasteiger partial charge in [0.15, 0.2) is 0 Å². The van der Waals surface area contributed by atoms with Gasteiger partial charge in [-0.1, -0.05) is 30.7 Å². The van der Waals surface area contributed by atoms with E-state index in [4.69, 9.17) is 0 Å². The molecular weight excluding hydrogens is 410 g/mol. The highest BCUT2D eigenvalue weighted by Gasteiger charge is 2.22. The van der Waals surface area contributed by atoms with Crippen LogP contribution in [0.5, 0.6) is 0 Å². The number of aryl methyl sites for hydroxylation is 1. The summed E-state index contributed by atoms with van der Waals surface area (Å²) < 4.78 is 27.3. The third-order valence-corrected chi connectivity index (χ3v) is 7.61. The summed E-state index contributed by atoms with van der Waals surface area (Å²) >= 11 is 0. The van der Waals surface area contributed by atoms with Crippen molar-refractivity contribution in [2.45, 2.75) is 38.0 Å². The zero-order valence-corrected chi connectivity index (χ0v) is 19.5. The van der Waals surface area contributed by atoms with Gasteiger partial charge in [0.05, 0.1) is 10.6 Å².